The third-order valence-corrected chi connectivity index (χ3v) is 10.6. The van der Waals surface area contributed by atoms with Crippen molar-refractivity contribution in [1.29, 1.82) is 5.26 Å². The molecule has 6 heterocycles. The number of amides is 1. The van der Waals surface area contributed by atoms with Crippen molar-refractivity contribution in [2.45, 2.75) is 51.6 Å². The molecule has 0 saturated carbocycles. The number of nitrogens with one attached hydrogen (secondary N) is 1. The van der Waals surface area contributed by atoms with E-state index in [-0.39, 0.29) is 34.9 Å². The Morgan fingerprint density at radius 1 is 1.20 bits per heavy atom. The molecule has 14 heteroatoms. The van der Waals surface area contributed by atoms with Crippen LogP contribution in [0.25, 0.3) is 21.1 Å². The number of rotatable bonds is 7. The lowest BCUT2D eigenvalue weighted by atomic mass is 9.86. The lowest BCUT2D eigenvalue weighted by Gasteiger charge is -2.26. The van der Waals surface area contributed by atoms with E-state index < -0.39 is 12.6 Å². The molecule has 4 aromatic rings. The second-order valence-electron chi connectivity index (χ2n) is 12.7. The predicted octanol–water partition coefficient (Wildman–Crippen LogP) is 4.56. The maximum atomic E-state index is 13.1. The number of nitrogens with zero attached hydrogens (tertiary/aromatic N) is 6. The van der Waals surface area contributed by atoms with Gasteiger partial charge < -0.3 is 24.3 Å². The van der Waals surface area contributed by atoms with Crippen LogP contribution in [0.3, 0.4) is 0 Å². The number of anilines is 1. The highest BCUT2D eigenvalue weighted by Crippen LogP contribution is 2.44. The van der Waals surface area contributed by atoms with Crippen LogP contribution in [0.15, 0.2) is 24.3 Å². The number of aromatic nitrogens is 3. The fraction of sp³-hybridized carbons (Fsp3) is 0.500. The molecule has 7 rings (SSSR count). The molecule has 46 heavy (non-hydrogen) atoms. The maximum absolute atomic E-state index is 13.1. The average Bonchev–Trinajstić information content (AvgIpc) is 3.80. The number of ether oxygens (including phenoxy) is 2. The van der Waals surface area contributed by atoms with E-state index in [4.69, 9.17) is 9.47 Å². The van der Waals surface area contributed by atoms with Crippen LogP contribution >= 0.6 is 11.3 Å². The number of benzene rings is 1. The summed E-state index contributed by atoms with van der Waals surface area (Å²) in [5.74, 6) is 0.512. The Kier molecular flexibility index (Phi) is 7.81. The molecule has 0 aliphatic carbocycles. The van der Waals surface area contributed by atoms with Crippen LogP contribution in [-0.2, 0) is 29.0 Å². The Morgan fingerprint density at radius 2 is 2.02 bits per heavy atom. The topological polar surface area (TPSA) is 109 Å². The maximum Gasteiger partial charge on any atom is 0.393 e. The van der Waals surface area contributed by atoms with Crippen molar-refractivity contribution in [3.05, 3.63) is 46.0 Å². The summed E-state index contributed by atoms with van der Waals surface area (Å²) in [6, 6.07) is 10.2. The first kappa shape index (κ1) is 30.7. The minimum absolute atomic E-state index is 0.0263. The number of carbonyl (C=O) groups is 1. The molecular weight excluding hydrogens is 619 g/mol. The monoisotopic (exact) mass is 653 g/mol. The van der Waals surface area contributed by atoms with Crippen LogP contribution in [0.4, 0.5) is 19.0 Å². The molecule has 2 atom stereocenters. The Labute approximate surface area is 267 Å². The average molecular weight is 654 g/mol. The Bertz CT molecular complexity index is 1860. The van der Waals surface area contributed by atoms with E-state index in [9.17, 15) is 23.2 Å². The predicted molar refractivity (Wildman–Crippen MR) is 167 cm³/mol. The minimum atomic E-state index is -4.29. The summed E-state index contributed by atoms with van der Waals surface area (Å²) in [5.41, 5.74) is 3.94. The minimum Gasteiger partial charge on any atom is -0.467 e. The smallest absolute Gasteiger partial charge is 0.393 e. The largest absolute Gasteiger partial charge is 0.467 e. The molecule has 10 nitrogen and oxygen atoms in total. The number of hydrogen-bond acceptors (Lipinski definition) is 9. The zero-order valence-corrected chi connectivity index (χ0v) is 26.4. The molecule has 0 radical (unpaired) electrons. The van der Waals surface area contributed by atoms with Gasteiger partial charge in [-0.1, -0.05) is 6.07 Å². The number of aryl methyl sites for hydroxylation is 1. The highest BCUT2D eigenvalue weighted by atomic mass is 32.1. The van der Waals surface area contributed by atoms with E-state index in [2.05, 4.69) is 50.2 Å². The Balaban J connectivity index is 1.07. The summed E-state index contributed by atoms with van der Waals surface area (Å²) in [7, 11) is 1.47. The van der Waals surface area contributed by atoms with Crippen molar-refractivity contribution in [1.82, 2.24) is 24.8 Å². The van der Waals surface area contributed by atoms with Gasteiger partial charge in [-0.3, -0.25) is 9.69 Å². The number of carbonyl (C=O) groups excluding carboxylic acids is 1. The van der Waals surface area contributed by atoms with Crippen LogP contribution in [-0.4, -0.2) is 84.1 Å². The van der Waals surface area contributed by atoms with Gasteiger partial charge in [0, 0.05) is 53.9 Å². The Morgan fingerprint density at radius 3 is 2.76 bits per heavy atom. The van der Waals surface area contributed by atoms with Crippen LogP contribution in [0.5, 0.6) is 6.01 Å². The third-order valence-electron chi connectivity index (χ3n) is 9.55. The van der Waals surface area contributed by atoms with E-state index in [0.717, 1.165) is 73.4 Å². The van der Waals surface area contributed by atoms with E-state index in [1.54, 1.807) is 6.07 Å². The number of halogens is 3. The van der Waals surface area contributed by atoms with Gasteiger partial charge in [-0.05, 0) is 55.6 Å². The fourth-order valence-corrected chi connectivity index (χ4v) is 8.29. The normalized spacial score (nSPS) is 22.3. The van der Waals surface area contributed by atoms with Gasteiger partial charge in [0.15, 0.2) is 0 Å². The van der Waals surface area contributed by atoms with Gasteiger partial charge in [-0.15, -0.1) is 11.3 Å². The van der Waals surface area contributed by atoms with E-state index in [1.165, 1.54) is 12.7 Å². The highest BCUT2D eigenvalue weighted by Gasteiger charge is 2.44. The molecule has 1 aromatic carbocycles. The summed E-state index contributed by atoms with van der Waals surface area (Å²) in [4.78, 5) is 25.8. The molecule has 3 aromatic heterocycles. The molecule has 1 amide bonds. The van der Waals surface area contributed by atoms with Crippen molar-refractivity contribution < 1.29 is 27.4 Å². The number of methoxy groups -OCH3 is 1. The molecule has 1 unspecified atom stereocenters. The molecule has 3 aliphatic rings. The van der Waals surface area contributed by atoms with Crippen molar-refractivity contribution in [2.24, 2.45) is 5.41 Å². The molecule has 242 valence electrons. The van der Waals surface area contributed by atoms with Crippen molar-refractivity contribution >= 4 is 44.2 Å². The van der Waals surface area contributed by atoms with E-state index in [1.807, 2.05) is 10.6 Å². The number of nitriles is 1. The second-order valence-corrected chi connectivity index (χ2v) is 13.8. The van der Waals surface area contributed by atoms with E-state index in [0.29, 0.717) is 34.8 Å². The summed E-state index contributed by atoms with van der Waals surface area (Å²) in [6.07, 6.45) is -3.50. The number of likely N-dealkylation sites (tertiary alicyclic amines) is 1. The van der Waals surface area contributed by atoms with Gasteiger partial charge in [0.1, 0.15) is 29.0 Å². The lowest BCUT2D eigenvalue weighted by Crippen LogP contribution is -2.44. The van der Waals surface area contributed by atoms with Gasteiger partial charge in [0.2, 0.25) is 5.91 Å². The summed E-state index contributed by atoms with van der Waals surface area (Å²) >= 11 is 1.04. The zero-order valence-electron chi connectivity index (χ0n) is 25.6. The standard InChI is InChI=1S/C32H34F3N7O3S/c1-19-20(3-4-26-24(19)9-21(12-36)42(26)15-22-13-37-27(43)16-45-22)14-40-7-5-31(17-40)6-8-41(18-31)28-25-10-23(11-32(33,34)35)46-29(25)39-30(38-28)44-2/h3-4,9-10,22H,5-8,11,13-18H2,1-2H3,(H,37,43)/t22-,31?/m0/s1. The first-order chi connectivity index (χ1) is 22.0. The molecular formula is C32H34F3N7O3S. The van der Waals surface area contributed by atoms with Crippen molar-refractivity contribution in [3.8, 4) is 12.1 Å². The molecule has 3 aliphatic heterocycles. The zero-order chi connectivity index (χ0) is 32.2. The van der Waals surface area contributed by atoms with Gasteiger partial charge in [0.25, 0.3) is 0 Å². The van der Waals surface area contributed by atoms with Crippen LogP contribution < -0.4 is 15.0 Å². The number of thiophene rings is 1. The number of morpholine rings is 1. The van der Waals surface area contributed by atoms with Gasteiger partial charge in [0.05, 0.1) is 31.6 Å². The first-order valence-electron chi connectivity index (χ1n) is 15.3. The fourth-order valence-electron chi connectivity index (χ4n) is 7.24. The van der Waals surface area contributed by atoms with Crippen molar-refractivity contribution in [3.63, 3.8) is 0 Å². The molecule has 1 spiro atoms. The molecule has 0 bridgehead atoms. The SMILES string of the molecule is COc1nc(N2CCC3(CCN(Cc4ccc5c(cc(C#N)n5C[C@@H]5CNC(=O)CO5)c4C)C3)C2)c2cc(CC(F)(F)F)sc2n1. The molecule has 1 N–H and O–H groups in total. The number of hydrogen-bond donors (Lipinski definition) is 1. The van der Waals surface area contributed by atoms with Crippen LogP contribution in [0, 0.1) is 23.7 Å². The first-order valence-corrected chi connectivity index (χ1v) is 16.1. The van der Waals surface area contributed by atoms with Gasteiger partial charge >= 0.3 is 12.2 Å². The van der Waals surface area contributed by atoms with Crippen molar-refractivity contribution in [2.75, 3.05) is 51.3 Å². The lowest BCUT2D eigenvalue weighted by molar-refractivity contribution is -0.133. The third kappa shape index (κ3) is 5.87. The van der Waals surface area contributed by atoms with Gasteiger partial charge in [-0.25, -0.2) is 0 Å². The van der Waals surface area contributed by atoms with Crippen LogP contribution in [0.1, 0.15) is 34.5 Å². The molecule has 3 fully saturated rings. The number of fused-ring (bicyclic) bond motifs is 2. The molecule has 3 saturated heterocycles. The Hall–Kier alpha value is -3.93. The summed E-state index contributed by atoms with van der Waals surface area (Å²) in [6.45, 7) is 7.18. The van der Waals surface area contributed by atoms with Gasteiger partial charge in [-0.2, -0.15) is 28.4 Å². The van der Waals surface area contributed by atoms with E-state index >= 15 is 0 Å². The highest BCUT2D eigenvalue weighted by molar-refractivity contribution is 7.18. The van der Waals surface area contributed by atoms with Crippen LogP contribution in [0.2, 0.25) is 0 Å². The quantitative estimate of drug-likeness (QED) is 0.310. The second kappa shape index (κ2) is 11.7. The number of alkyl halides is 3. The summed E-state index contributed by atoms with van der Waals surface area (Å²) in [5, 5.41) is 14.4. The summed E-state index contributed by atoms with van der Waals surface area (Å²) < 4.78 is 52.4.